The van der Waals surface area contributed by atoms with Crippen molar-refractivity contribution < 1.29 is 4.74 Å². The summed E-state index contributed by atoms with van der Waals surface area (Å²) in [5.41, 5.74) is 12.4. The number of methoxy groups -OCH3 is 1. The van der Waals surface area contributed by atoms with Gasteiger partial charge in [-0.05, 0) is 69.0 Å². The smallest absolute Gasteiger partial charge is 0.0601 e. The van der Waals surface area contributed by atoms with Crippen molar-refractivity contribution >= 4 is 11.1 Å². The van der Waals surface area contributed by atoms with Gasteiger partial charge in [-0.2, -0.15) is 0 Å². The van der Waals surface area contributed by atoms with Crippen LogP contribution in [0.2, 0.25) is 0 Å². The molecule has 0 spiro atoms. The standard InChI is InChI=1S/C41H41NO/c1-29(2)42-30(3)27-41(28-43-4)36-26-25-35(31-17-9-5-10-18-31)37(32-19-11-6-12-20-32)39(36)38(33-21-13-7-14-22-33)40(41)34-23-15-8-16-24-34/h5-26,29-30,42H,27-28H2,1-4H3. The van der Waals surface area contributed by atoms with Gasteiger partial charge in [-0.25, -0.2) is 0 Å². The van der Waals surface area contributed by atoms with E-state index in [-0.39, 0.29) is 11.5 Å². The lowest BCUT2D eigenvalue weighted by molar-refractivity contribution is 0.145. The molecule has 0 amide bonds. The summed E-state index contributed by atoms with van der Waals surface area (Å²) in [6.45, 7) is 7.36. The summed E-state index contributed by atoms with van der Waals surface area (Å²) >= 11 is 0. The molecule has 43 heavy (non-hydrogen) atoms. The van der Waals surface area contributed by atoms with Gasteiger partial charge in [-0.15, -0.1) is 0 Å². The molecule has 0 heterocycles. The summed E-state index contributed by atoms with van der Waals surface area (Å²) in [5.74, 6) is 0. The minimum atomic E-state index is -0.364. The molecule has 2 unspecified atom stereocenters. The Morgan fingerprint density at radius 1 is 0.581 bits per heavy atom. The highest BCUT2D eigenvalue weighted by atomic mass is 16.5. The van der Waals surface area contributed by atoms with Gasteiger partial charge in [0, 0.05) is 24.6 Å². The van der Waals surface area contributed by atoms with Gasteiger partial charge >= 0.3 is 0 Å². The van der Waals surface area contributed by atoms with Crippen LogP contribution in [0, 0.1) is 0 Å². The Morgan fingerprint density at radius 3 is 1.63 bits per heavy atom. The number of rotatable bonds is 10. The first-order valence-electron chi connectivity index (χ1n) is 15.4. The number of benzene rings is 5. The molecule has 0 saturated carbocycles. The van der Waals surface area contributed by atoms with Crippen LogP contribution >= 0.6 is 0 Å². The summed E-state index contributed by atoms with van der Waals surface area (Å²) in [5, 5.41) is 3.82. The lowest BCUT2D eigenvalue weighted by Crippen LogP contribution is -2.41. The number of hydrogen-bond donors (Lipinski definition) is 1. The average molecular weight is 564 g/mol. The molecule has 5 aromatic carbocycles. The number of fused-ring (bicyclic) bond motifs is 1. The molecule has 0 aliphatic heterocycles. The maximum absolute atomic E-state index is 6.23. The maximum atomic E-state index is 6.23. The molecule has 0 saturated heterocycles. The molecule has 2 atom stereocenters. The van der Waals surface area contributed by atoms with E-state index in [0.717, 1.165) is 6.42 Å². The Labute approximate surface area is 257 Å². The quantitative estimate of drug-likeness (QED) is 0.183. The van der Waals surface area contributed by atoms with Gasteiger partial charge < -0.3 is 10.1 Å². The van der Waals surface area contributed by atoms with Crippen molar-refractivity contribution in [1.29, 1.82) is 0 Å². The van der Waals surface area contributed by atoms with Crippen molar-refractivity contribution in [2.75, 3.05) is 13.7 Å². The van der Waals surface area contributed by atoms with Crippen molar-refractivity contribution in [3.05, 3.63) is 156 Å². The molecule has 2 nitrogen and oxygen atoms in total. The molecule has 216 valence electrons. The Hall–Kier alpha value is -4.24. The summed E-state index contributed by atoms with van der Waals surface area (Å²) in [6.07, 6.45) is 0.908. The molecule has 0 radical (unpaired) electrons. The third kappa shape index (κ3) is 5.49. The number of ether oxygens (including phenoxy) is 1. The fraction of sp³-hybridized carbons (Fsp3) is 0.220. The molecule has 0 bridgehead atoms. The molecule has 0 fully saturated rings. The zero-order chi connectivity index (χ0) is 29.8. The number of hydrogen-bond acceptors (Lipinski definition) is 2. The normalized spacial score (nSPS) is 16.9. The average Bonchev–Trinajstić information content (AvgIpc) is 3.31. The highest BCUT2D eigenvalue weighted by molar-refractivity contribution is 6.12. The van der Waals surface area contributed by atoms with Crippen LogP contribution in [0.25, 0.3) is 33.4 Å². The second kappa shape index (κ2) is 12.6. The van der Waals surface area contributed by atoms with Gasteiger partial charge in [0.15, 0.2) is 0 Å². The Balaban J connectivity index is 1.78. The first kappa shape index (κ1) is 28.9. The SMILES string of the molecule is COCC1(CC(C)NC(C)C)C(c2ccccc2)=C(c2ccccc2)c2c1ccc(-c1ccccc1)c2-c1ccccc1. The van der Waals surface area contributed by atoms with Gasteiger partial charge in [0.05, 0.1) is 6.61 Å². The highest BCUT2D eigenvalue weighted by Gasteiger charge is 2.48. The van der Waals surface area contributed by atoms with Crippen LogP contribution in [-0.2, 0) is 10.2 Å². The second-order valence-corrected chi connectivity index (χ2v) is 12.1. The van der Waals surface area contributed by atoms with Crippen LogP contribution in [0.4, 0.5) is 0 Å². The molecule has 2 heteroatoms. The van der Waals surface area contributed by atoms with Crippen molar-refractivity contribution in [3.63, 3.8) is 0 Å². The molecular formula is C41H41NO. The van der Waals surface area contributed by atoms with E-state index < -0.39 is 0 Å². The van der Waals surface area contributed by atoms with Gasteiger partial charge in [-0.1, -0.05) is 147 Å². The Bertz CT molecular complexity index is 1690. The first-order chi connectivity index (χ1) is 21.0. The van der Waals surface area contributed by atoms with E-state index in [0.29, 0.717) is 12.6 Å². The largest absolute Gasteiger partial charge is 0.383 e. The second-order valence-electron chi connectivity index (χ2n) is 12.1. The molecule has 1 aliphatic rings. The van der Waals surface area contributed by atoms with E-state index in [1.54, 1.807) is 0 Å². The highest BCUT2D eigenvalue weighted by Crippen LogP contribution is 2.59. The zero-order valence-corrected chi connectivity index (χ0v) is 25.7. The third-order valence-electron chi connectivity index (χ3n) is 8.63. The van der Waals surface area contributed by atoms with Crippen LogP contribution < -0.4 is 5.32 Å². The molecular weight excluding hydrogens is 522 g/mol. The fourth-order valence-corrected chi connectivity index (χ4v) is 7.26. The van der Waals surface area contributed by atoms with E-state index in [2.05, 4.69) is 160 Å². The topological polar surface area (TPSA) is 21.3 Å². The summed E-state index contributed by atoms with van der Waals surface area (Å²) < 4.78 is 6.23. The summed E-state index contributed by atoms with van der Waals surface area (Å²) in [6, 6.07) is 49.1. The monoisotopic (exact) mass is 563 g/mol. The van der Waals surface area contributed by atoms with Crippen molar-refractivity contribution in [3.8, 4) is 22.3 Å². The van der Waals surface area contributed by atoms with Gasteiger partial charge in [0.1, 0.15) is 0 Å². The molecule has 6 rings (SSSR count). The van der Waals surface area contributed by atoms with Gasteiger partial charge in [0.2, 0.25) is 0 Å². The van der Waals surface area contributed by atoms with E-state index >= 15 is 0 Å². The summed E-state index contributed by atoms with van der Waals surface area (Å²) in [7, 11) is 1.85. The molecule has 1 N–H and O–H groups in total. The van der Waals surface area contributed by atoms with Gasteiger partial charge in [-0.3, -0.25) is 0 Å². The van der Waals surface area contributed by atoms with Gasteiger partial charge in [0.25, 0.3) is 0 Å². The fourth-order valence-electron chi connectivity index (χ4n) is 7.26. The minimum absolute atomic E-state index is 0.269. The maximum Gasteiger partial charge on any atom is 0.0601 e. The lowest BCUT2D eigenvalue weighted by atomic mass is 9.70. The van der Waals surface area contributed by atoms with Crippen LogP contribution in [0.5, 0.6) is 0 Å². The minimum Gasteiger partial charge on any atom is -0.383 e. The zero-order valence-electron chi connectivity index (χ0n) is 25.7. The van der Waals surface area contributed by atoms with Crippen molar-refractivity contribution in [2.45, 2.75) is 44.7 Å². The van der Waals surface area contributed by atoms with Crippen LogP contribution in [0.1, 0.15) is 49.4 Å². The van der Waals surface area contributed by atoms with Crippen molar-refractivity contribution in [1.82, 2.24) is 5.32 Å². The van der Waals surface area contributed by atoms with E-state index in [1.807, 2.05) is 7.11 Å². The molecule has 5 aromatic rings. The first-order valence-corrected chi connectivity index (χ1v) is 15.4. The van der Waals surface area contributed by atoms with E-state index in [4.69, 9.17) is 4.74 Å². The Morgan fingerprint density at radius 2 is 1.09 bits per heavy atom. The van der Waals surface area contributed by atoms with E-state index in [9.17, 15) is 0 Å². The molecule has 1 aliphatic carbocycles. The predicted molar refractivity (Wildman–Crippen MR) is 182 cm³/mol. The van der Waals surface area contributed by atoms with Crippen LogP contribution in [0.3, 0.4) is 0 Å². The Kier molecular flexibility index (Phi) is 8.42. The van der Waals surface area contributed by atoms with Crippen LogP contribution in [0.15, 0.2) is 133 Å². The molecule has 0 aromatic heterocycles. The van der Waals surface area contributed by atoms with Crippen LogP contribution in [-0.4, -0.2) is 25.8 Å². The summed E-state index contributed by atoms with van der Waals surface area (Å²) in [4.78, 5) is 0. The number of nitrogens with one attached hydrogen (secondary N) is 1. The lowest BCUT2D eigenvalue weighted by Gasteiger charge is -2.37. The van der Waals surface area contributed by atoms with E-state index in [1.165, 1.54) is 55.7 Å². The predicted octanol–water partition coefficient (Wildman–Crippen LogP) is 9.65. The van der Waals surface area contributed by atoms with Crippen molar-refractivity contribution in [2.24, 2.45) is 0 Å². The third-order valence-corrected chi connectivity index (χ3v) is 8.63.